The van der Waals surface area contributed by atoms with Crippen LogP contribution in [0.15, 0.2) is 36.4 Å². The molecule has 2 heterocycles. The number of halogens is 1. The average molecular weight is 442 g/mol. The molecule has 8 heteroatoms. The van der Waals surface area contributed by atoms with Crippen molar-refractivity contribution in [3.63, 3.8) is 0 Å². The molecule has 0 aromatic heterocycles. The van der Waals surface area contributed by atoms with Crippen molar-refractivity contribution >= 4 is 35.4 Å². The Balaban J connectivity index is 2.03. The van der Waals surface area contributed by atoms with E-state index in [-0.39, 0.29) is 11.8 Å². The van der Waals surface area contributed by atoms with Gasteiger partial charge in [0.25, 0.3) is 5.91 Å². The quantitative estimate of drug-likeness (QED) is 0.722. The van der Waals surface area contributed by atoms with Crippen molar-refractivity contribution in [2.24, 2.45) is 0 Å². The molecule has 162 valence electrons. The molecule has 0 bridgehead atoms. The van der Waals surface area contributed by atoms with Crippen LogP contribution in [-0.2, 0) is 15.1 Å². The first kappa shape index (κ1) is 21.3. The van der Waals surface area contributed by atoms with Crippen LogP contribution in [0.1, 0.15) is 34.3 Å². The van der Waals surface area contributed by atoms with E-state index in [2.05, 4.69) is 5.32 Å². The highest BCUT2D eigenvalue weighted by atomic mass is 35.5. The van der Waals surface area contributed by atoms with E-state index in [1.807, 2.05) is 4.90 Å². The molecule has 0 radical (unpaired) electrons. The van der Waals surface area contributed by atoms with Crippen LogP contribution < -0.4 is 10.1 Å². The smallest absolute Gasteiger partial charge is 0.254 e. The van der Waals surface area contributed by atoms with E-state index < -0.39 is 11.6 Å². The zero-order valence-electron chi connectivity index (χ0n) is 17.6. The summed E-state index contributed by atoms with van der Waals surface area (Å²) in [6.07, 6.45) is 2.13. The number of carbonyl (C=O) groups excluding carboxylic acids is 3. The number of benzene rings is 2. The lowest BCUT2D eigenvalue weighted by Gasteiger charge is -2.41. The lowest BCUT2D eigenvalue weighted by Crippen LogP contribution is -2.57. The number of rotatable bonds is 5. The van der Waals surface area contributed by atoms with Crippen molar-refractivity contribution in [3.05, 3.63) is 58.1 Å². The van der Waals surface area contributed by atoms with Crippen molar-refractivity contribution < 1.29 is 19.1 Å². The third kappa shape index (κ3) is 3.20. The molecule has 31 heavy (non-hydrogen) atoms. The number of likely N-dealkylation sites (tertiary alicyclic amines) is 1. The minimum absolute atomic E-state index is 0.0661. The van der Waals surface area contributed by atoms with Crippen molar-refractivity contribution in [3.8, 4) is 5.75 Å². The summed E-state index contributed by atoms with van der Waals surface area (Å²) in [6.45, 7) is 0.544. The summed E-state index contributed by atoms with van der Waals surface area (Å²) in [6, 6.07) is 9.75. The predicted molar refractivity (Wildman–Crippen MR) is 118 cm³/mol. The fraction of sp³-hybridized carbons (Fsp3) is 0.348. The van der Waals surface area contributed by atoms with Crippen molar-refractivity contribution in [1.29, 1.82) is 0 Å². The lowest BCUT2D eigenvalue weighted by atomic mass is 9.80. The summed E-state index contributed by atoms with van der Waals surface area (Å²) < 4.78 is 5.63. The molecule has 1 N–H and O–H groups in total. The maximum absolute atomic E-state index is 13.8. The Hall–Kier alpha value is -2.90. The molecule has 2 amide bonds. The van der Waals surface area contributed by atoms with Crippen LogP contribution in [-0.4, -0.2) is 61.7 Å². The van der Waals surface area contributed by atoms with Gasteiger partial charge >= 0.3 is 0 Å². The summed E-state index contributed by atoms with van der Waals surface area (Å²) in [4.78, 5) is 41.7. The molecule has 0 saturated carbocycles. The summed E-state index contributed by atoms with van der Waals surface area (Å²) >= 11 is 6.35. The van der Waals surface area contributed by atoms with Crippen LogP contribution in [0.3, 0.4) is 0 Å². The van der Waals surface area contributed by atoms with Gasteiger partial charge in [0.1, 0.15) is 12.0 Å². The Bertz CT molecular complexity index is 1070. The number of hydrogen-bond acceptors (Lipinski definition) is 5. The van der Waals surface area contributed by atoms with Crippen LogP contribution in [0.25, 0.3) is 0 Å². The molecule has 2 aliphatic rings. The van der Waals surface area contributed by atoms with Gasteiger partial charge in [0.05, 0.1) is 13.2 Å². The summed E-state index contributed by atoms with van der Waals surface area (Å²) in [5, 5.41) is 3.45. The van der Waals surface area contributed by atoms with Gasteiger partial charge in [-0.05, 0) is 37.1 Å². The van der Waals surface area contributed by atoms with Gasteiger partial charge in [-0.3, -0.25) is 19.3 Å². The minimum atomic E-state index is -1.32. The monoisotopic (exact) mass is 441 g/mol. The number of amides is 2. The summed E-state index contributed by atoms with van der Waals surface area (Å²) in [7, 11) is 4.92. The predicted octanol–water partition coefficient (Wildman–Crippen LogP) is 2.91. The van der Waals surface area contributed by atoms with E-state index >= 15 is 0 Å². The Kier molecular flexibility index (Phi) is 5.49. The molecule has 0 aliphatic carbocycles. The fourth-order valence-corrected chi connectivity index (χ4v) is 4.94. The van der Waals surface area contributed by atoms with Gasteiger partial charge in [-0.2, -0.15) is 0 Å². The van der Waals surface area contributed by atoms with Gasteiger partial charge in [-0.15, -0.1) is 0 Å². The second-order valence-corrected chi connectivity index (χ2v) is 8.45. The second kappa shape index (κ2) is 7.98. The maximum Gasteiger partial charge on any atom is 0.254 e. The third-order valence-corrected chi connectivity index (χ3v) is 6.34. The van der Waals surface area contributed by atoms with Crippen molar-refractivity contribution in [1.82, 2.24) is 9.80 Å². The number of nitrogens with one attached hydrogen (secondary N) is 1. The fourth-order valence-electron chi connectivity index (χ4n) is 4.77. The van der Waals surface area contributed by atoms with E-state index in [1.165, 1.54) is 7.11 Å². The van der Waals surface area contributed by atoms with Crippen molar-refractivity contribution in [2.45, 2.75) is 24.4 Å². The number of anilines is 1. The van der Waals surface area contributed by atoms with E-state index in [9.17, 15) is 14.4 Å². The van der Waals surface area contributed by atoms with Crippen LogP contribution in [0.4, 0.5) is 5.69 Å². The molecule has 1 saturated heterocycles. The van der Waals surface area contributed by atoms with E-state index in [0.29, 0.717) is 46.1 Å². The molecule has 2 aromatic rings. The van der Waals surface area contributed by atoms with E-state index in [0.717, 1.165) is 12.7 Å². The molecule has 1 unspecified atom stereocenters. The Morgan fingerprint density at radius 2 is 2.03 bits per heavy atom. The second-order valence-electron chi connectivity index (χ2n) is 8.02. The van der Waals surface area contributed by atoms with Crippen molar-refractivity contribution in [2.75, 3.05) is 33.1 Å². The van der Waals surface area contributed by atoms with Crippen LogP contribution >= 0.6 is 11.6 Å². The van der Waals surface area contributed by atoms with Gasteiger partial charge in [-0.1, -0.05) is 23.7 Å². The zero-order chi connectivity index (χ0) is 22.3. The normalized spacial score (nSPS) is 22.7. The molecule has 7 nitrogen and oxygen atoms in total. The third-order valence-electron chi connectivity index (χ3n) is 6.11. The highest BCUT2D eigenvalue weighted by molar-refractivity contribution is 6.31. The standard InChI is InChI=1S/C23H24ClN3O4/c1-26(2)21(29)19-5-4-10-27(19)23(16-8-6-14(13-28)11-20(16)31-3)17-12-15(24)7-9-18(17)25-22(23)30/h6-9,11-13,19H,4-5,10H2,1-3H3,(H,25,30)/t19?,23-/m1/s1. The topological polar surface area (TPSA) is 79.0 Å². The molecule has 4 rings (SSSR count). The SMILES string of the molecule is COc1cc(C=O)ccc1[C@]1(N2CCCC2C(=O)N(C)C)C(=O)Nc2ccc(Cl)cc21. The van der Waals surface area contributed by atoms with Gasteiger partial charge in [0.2, 0.25) is 5.91 Å². The summed E-state index contributed by atoms with van der Waals surface area (Å²) in [5.41, 5.74) is 0.986. The molecule has 2 aromatic carbocycles. The number of fused-ring (bicyclic) bond motifs is 1. The number of likely N-dealkylation sites (N-methyl/N-ethyl adjacent to an activating group) is 1. The average Bonchev–Trinajstić information content (AvgIpc) is 3.35. The molecular formula is C23H24ClN3O4. The number of carbonyl (C=O) groups is 3. The first-order valence-corrected chi connectivity index (χ1v) is 10.5. The van der Waals surface area contributed by atoms with Gasteiger partial charge in [0, 0.05) is 48.0 Å². The molecular weight excluding hydrogens is 418 g/mol. The van der Waals surface area contributed by atoms with Crippen LogP contribution in [0.5, 0.6) is 5.75 Å². The Labute approximate surface area is 185 Å². The molecule has 2 atom stereocenters. The zero-order valence-corrected chi connectivity index (χ0v) is 18.4. The highest BCUT2D eigenvalue weighted by Gasteiger charge is 2.58. The first-order valence-electron chi connectivity index (χ1n) is 10.1. The maximum atomic E-state index is 13.8. The summed E-state index contributed by atoms with van der Waals surface area (Å²) in [5.74, 6) is 0.0551. The van der Waals surface area contributed by atoms with E-state index in [1.54, 1.807) is 55.4 Å². The largest absolute Gasteiger partial charge is 0.496 e. The highest BCUT2D eigenvalue weighted by Crippen LogP contribution is 2.51. The Morgan fingerprint density at radius 1 is 1.26 bits per heavy atom. The van der Waals surface area contributed by atoms with Gasteiger partial charge in [0.15, 0.2) is 5.54 Å². The van der Waals surface area contributed by atoms with Gasteiger partial charge < -0.3 is 15.0 Å². The first-order chi connectivity index (χ1) is 14.8. The van der Waals surface area contributed by atoms with Crippen LogP contribution in [0.2, 0.25) is 5.02 Å². The number of aldehydes is 1. The van der Waals surface area contributed by atoms with Gasteiger partial charge in [-0.25, -0.2) is 0 Å². The minimum Gasteiger partial charge on any atom is -0.496 e. The lowest BCUT2D eigenvalue weighted by molar-refractivity contribution is -0.138. The Morgan fingerprint density at radius 3 is 2.71 bits per heavy atom. The number of ether oxygens (including phenoxy) is 1. The molecule has 2 aliphatic heterocycles. The van der Waals surface area contributed by atoms with Crippen LogP contribution in [0, 0.1) is 0 Å². The molecule has 1 fully saturated rings. The number of methoxy groups -OCH3 is 1. The number of nitrogens with zero attached hydrogens (tertiary/aromatic N) is 2. The van der Waals surface area contributed by atoms with E-state index in [4.69, 9.17) is 16.3 Å². The number of hydrogen-bond donors (Lipinski definition) is 1. The molecule has 0 spiro atoms.